The average molecular weight is 590 g/mol. The molecule has 0 N–H and O–H groups in total. The zero-order valence-corrected chi connectivity index (χ0v) is 27.4. The fraction of sp³-hybridized carbons (Fsp3) is 0.447. The first-order chi connectivity index (χ1) is 20.8. The zero-order valence-electron chi connectivity index (χ0n) is 27.4. The van der Waals surface area contributed by atoms with Crippen LogP contribution >= 0.6 is 0 Å². The Hall–Kier alpha value is -3.91. The number of hydrogen-bond acceptors (Lipinski definition) is 5. The van der Waals surface area contributed by atoms with Gasteiger partial charge in [0.2, 0.25) is 0 Å². The maximum atomic E-state index is 10.3. The van der Waals surface area contributed by atoms with Crippen molar-refractivity contribution in [3.05, 3.63) is 90.0 Å². The summed E-state index contributed by atoms with van der Waals surface area (Å²) in [6.45, 7) is 15.9. The molecule has 0 aliphatic rings. The predicted molar refractivity (Wildman–Crippen MR) is 183 cm³/mol. The van der Waals surface area contributed by atoms with Gasteiger partial charge in [-0.3, -0.25) is 4.79 Å². The van der Waals surface area contributed by atoms with Crippen molar-refractivity contribution in [3.63, 3.8) is 0 Å². The number of nitriles is 1. The fourth-order valence-electron chi connectivity index (χ4n) is 3.48. The lowest BCUT2D eigenvalue weighted by molar-refractivity contribution is -0.106. The summed E-state index contributed by atoms with van der Waals surface area (Å²) in [5.41, 5.74) is 4.22. The van der Waals surface area contributed by atoms with Crippen LogP contribution in [0.25, 0.3) is 6.08 Å². The summed E-state index contributed by atoms with van der Waals surface area (Å²) in [5.74, 6) is 1.63. The lowest BCUT2D eigenvalue weighted by Crippen LogP contribution is -1.96. The third-order valence-electron chi connectivity index (χ3n) is 5.70. The van der Waals surface area contributed by atoms with Crippen LogP contribution < -0.4 is 9.47 Å². The molecule has 0 heterocycles. The van der Waals surface area contributed by atoms with E-state index in [2.05, 4.69) is 44.4 Å². The third kappa shape index (κ3) is 29.4. The second kappa shape index (κ2) is 31.0. The van der Waals surface area contributed by atoms with Crippen molar-refractivity contribution in [2.45, 2.75) is 98.3 Å². The Morgan fingerprint density at radius 1 is 0.814 bits per heavy atom. The van der Waals surface area contributed by atoms with Crippen LogP contribution in [0.2, 0.25) is 0 Å². The molecule has 0 bridgehead atoms. The first-order valence-electron chi connectivity index (χ1n) is 15.3. The van der Waals surface area contributed by atoms with Crippen LogP contribution in [0.4, 0.5) is 0 Å². The van der Waals surface area contributed by atoms with Crippen LogP contribution in [0.3, 0.4) is 0 Å². The Labute approximate surface area is 262 Å². The number of benzene rings is 2. The van der Waals surface area contributed by atoms with Crippen molar-refractivity contribution in [2.24, 2.45) is 0 Å². The zero-order chi connectivity index (χ0) is 32.6. The van der Waals surface area contributed by atoms with Crippen LogP contribution in [0.15, 0.2) is 78.9 Å². The molecule has 236 valence electrons. The first-order valence-corrected chi connectivity index (χ1v) is 15.3. The molecule has 5 heteroatoms. The molecule has 0 aromatic heterocycles. The predicted octanol–water partition coefficient (Wildman–Crippen LogP) is 10.8. The lowest BCUT2D eigenvalue weighted by Gasteiger charge is -2.03. The number of unbranched alkanes of at least 4 members (excludes halogenated alkanes) is 8. The van der Waals surface area contributed by atoms with E-state index in [1.165, 1.54) is 75.0 Å². The standard InChI is InChI=1S/C21H32O.C11H11NO2.C4H8.C2H4O/c1-4-5-6-7-8-9-10-11-12-19(2)13-14-20-15-17-21(22-3)18-16-20;12-7-1-2-8-14-11-5-3-10(9-13)4-6-11;1-4(2)3;1-2-3/h13-18H,2,4-12H2,1,3H3;3-6,9H,1-2,8H2;1H2,2-3H3;2H,1H3/b14-13+;;;. The van der Waals surface area contributed by atoms with Crippen molar-refractivity contribution in [2.75, 3.05) is 13.7 Å². The third-order valence-corrected chi connectivity index (χ3v) is 5.70. The molecule has 0 amide bonds. The number of hydrogen-bond donors (Lipinski definition) is 0. The van der Waals surface area contributed by atoms with E-state index in [1.54, 1.807) is 31.4 Å². The molecular weight excluding hydrogens is 534 g/mol. The van der Waals surface area contributed by atoms with Crippen molar-refractivity contribution >= 4 is 18.6 Å². The molecular formula is C38H55NO4. The van der Waals surface area contributed by atoms with Gasteiger partial charge in [-0.05, 0) is 82.0 Å². The highest BCUT2D eigenvalue weighted by atomic mass is 16.5. The van der Waals surface area contributed by atoms with E-state index in [-0.39, 0.29) is 0 Å². The molecule has 2 aromatic rings. The Morgan fingerprint density at radius 2 is 1.30 bits per heavy atom. The molecule has 5 nitrogen and oxygen atoms in total. The SMILES string of the molecule is C=C(/C=C/c1ccc(OC)cc1)CCCCCCCCCC.C=C(C)C.CC=O.N#CCCCOc1ccc(C=O)cc1. The van der Waals surface area contributed by atoms with Gasteiger partial charge in [0.1, 0.15) is 24.1 Å². The minimum atomic E-state index is 0.506. The van der Waals surface area contributed by atoms with Gasteiger partial charge in [-0.2, -0.15) is 5.26 Å². The highest BCUT2D eigenvalue weighted by Gasteiger charge is 1.95. The molecule has 43 heavy (non-hydrogen) atoms. The van der Waals surface area contributed by atoms with Crippen LogP contribution in [-0.2, 0) is 4.79 Å². The van der Waals surface area contributed by atoms with Gasteiger partial charge in [-0.25, -0.2) is 0 Å². The number of nitrogens with zero attached hydrogens (tertiary/aromatic N) is 1. The van der Waals surface area contributed by atoms with Crippen LogP contribution in [0.5, 0.6) is 11.5 Å². The van der Waals surface area contributed by atoms with Gasteiger partial charge in [0.05, 0.1) is 19.8 Å². The number of carbonyl (C=O) groups is 2. The topological polar surface area (TPSA) is 76.4 Å². The smallest absolute Gasteiger partial charge is 0.150 e. The summed E-state index contributed by atoms with van der Waals surface area (Å²) < 4.78 is 10.5. The highest BCUT2D eigenvalue weighted by molar-refractivity contribution is 5.74. The van der Waals surface area contributed by atoms with E-state index in [0.29, 0.717) is 18.6 Å². The number of methoxy groups -OCH3 is 1. The second-order valence-corrected chi connectivity index (χ2v) is 10.2. The van der Waals surface area contributed by atoms with Crippen LogP contribution in [0.1, 0.15) is 114 Å². The van der Waals surface area contributed by atoms with Crippen LogP contribution in [0, 0.1) is 11.3 Å². The van der Waals surface area contributed by atoms with Gasteiger partial charge in [0.25, 0.3) is 0 Å². The molecule has 0 spiro atoms. The van der Waals surface area contributed by atoms with E-state index >= 15 is 0 Å². The number of rotatable bonds is 17. The molecule has 0 saturated heterocycles. The summed E-state index contributed by atoms with van der Waals surface area (Å²) >= 11 is 0. The van der Waals surface area contributed by atoms with E-state index in [9.17, 15) is 4.79 Å². The Kier molecular flexibility index (Phi) is 29.8. The molecule has 2 aromatic carbocycles. The van der Waals surface area contributed by atoms with Crippen molar-refractivity contribution in [3.8, 4) is 17.6 Å². The monoisotopic (exact) mass is 589 g/mol. The first kappa shape index (κ1) is 41.2. The summed E-state index contributed by atoms with van der Waals surface area (Å²) in [7, 11) is 1.69. The number of carbonyl (C=O) groups excluding carboxylic acids is 2. The maximum Gasteiger partial charge on any atom is 0.150 e. The van der Waals surface area contributed by atoms with E-state index in [0.717, 1.165) is 36.9 Å². The van der Waals surface area contributed by atoms with Crippen molar-refractivity contribution in [1.29, 1.82) is 5.26 Å². The molecule has 0 unspecified atom stereocenters. The average Bonchev–Trinajstić information content (AvgIpc) is 3.00. The van der Waals surface area contributed by atoms with E-state index in [1.807, 2.05) is 32.0 Å². The number of allylic oxidation sites excluding steroid dienone is 3. The minimum absolute atomic E-state index is 0.506. The quantitative estimate of drug-likeness (QED) is 0.0794. The summed E-state index contributed by atoms with van der Waals surface area (Å²) in [6, 6.07) is 17.1. The molecule has 0 aliphatic heterocycles. The van der Waals surface area contributed by atoms with Gasteiger partial charge in [0.15, 0.2) is 0 Å². The maximum absolute atomic E-state index is 10.3. The fourth-order valence-corrected chi connectivity index (χ4v) is 3.48. The Bertz CT molecular complexity index is 1040. The Balaban J connectivity index is 0. The van der Waals surface area contributed by atoms with E-state index < -0.39 is 0 Å². The molecule has 0 aliphatic carbocycles. The lowest BCUT2D eigenvalue weighted by atomic mass is 10.0. The minimum Gasteiger partial charge on any atom is -0.497 e. The van der Waals surface area contributed by atoms with Crippen molar-refractivity contribution in [1.82, 2.24) is 0 Å². The second-order valence-electron chi connectivity index (χ2n) is 10.2. The molecule has 0 saturated carbocycles. The number of aldehydes is 2. The van der Waals surface area contributed by atoms with Crippen LogP contribution in [-0.4, -0.2) is 26.3 Å². The highest BCUT2D eigenvalue weighted by Crippen LogP contribution is 2.16. The summed E-state index contributed by atoms with van der Waals surface area (Å²) in [5, 5.41) is 8.29. The summed E-state index contributed by atoms with van der Waals surface area (Å²) in [4.78, 5) is 19.1. The van der Waals surface area contributed by atoms with E-state index in [4.69, 9.17) is 19.5 Å². The molecule has 0 radical (unpaired) electrons. The normalized spacial score (nSPS) is 9.49. The van der Waals surface area contributed by atoms with Gasteiger partial charge in [0, 0.05) is 12.0 Å². The van der Waals surface area contributed by atoms with Gasteiger partial charge < -0.3 is 14.3 Å². The van der Waals surface area contributed by atoms with Crippen molar-refractivity contribution < 1.29 is 19.1 Å². The molecule has 0 fully saturated rings. The largest absolute Gasteiger partial charge is 0.497 e. The molecule has 2 rings (SSSR count). The number of ether oxygens (including phenoxy) is 2. The van der Waals surface area contributed by atoms with Gasteiger partial charge in [-0.1, -0.05) is 93.9 Å². The summed E-state index contributed by atoms with van der Waals surface area (Å²) in [6.07, 6.45) is 19.1. The van der Waals surface area contributed by atoms with Gasteiger partial charge in [-0.15, -0.1) is 6.58 Å². The molecule has 0 atom stereocenters. The van der Waals surface area contributed by atoms with Gasteiger partial charge >= 0.3 is 0 Å². The Morgan fingerprint density at radius 3 is 1.79 bits per heavy atom.